The Hall–Kier alpha value is -3.08. The number of carbonyl (C=O) groups is 3. The molecule has 0 rings (SSSR count). The molecule has 2 N–H and O–H groups in total. The van der Waals surface area contributed by atoms with Gasteiger partial charge in [-0.3, -0.25) is 23.4 Å². The Balaban J connectivity index is 4.76. The molecule has 0 aliphatic carbocycles. The van der Waals surface area contributed by atoms with E-state index in [-0.39, 0.29) is 25.9 Å². The summed E-state index contributed by atoms with van der Waals surface area (Å²) in [6.07, 6.45) is 62.8. The molecule has 3 atom stereocenters. The molecule has 0 saturated heterocycles. The average Bonchev–Trinajstić information content (AvgIpc) is 3.39. The highest BCUT2D eigenvalue weighted by Crippen LogP contribution is 2.43. The van der Waals surface area contributed by atoms with E-state index in [1.54, 1.807) is 0 Å². The second kappa shape index (κ2) is 56.1. The van der Waals surface area contributed by atoms with Gasteiger partial charge >= 0.3 is 25.7 Å². The fraction of sp³-hybridized carbons (Fsp3) is 0.758. The largest absolute Gasteiger partial charge is 0.472 e. The van der Waals surface area contributed by atoms with Crippen molar-refractivity contribution in [2.24, 2.45) is 0 Å². The second-order valence-electron chi connectivity index (χ2n) is 19.8. The van der Waals surface area contributed by atoms with Gasteiger partial charge in [0.2, 0.25) is 0 Å². The first-order valence-electron chi connectivity index (χ1n) is 29.8. The molecular weight excluding hydrogens is 952 g/mol. The molecular formula is C62H109O11P. The van der Waals surface area contributed by atoms with Crippen molar-refractivity contribution in [3.8, 4) is 0 Å². The number of allylic oxidation sites excluding steroid dienone is 12. The zero-order chi connectivity index (χ0) is 54.1. The third-order valence-corrected chi connectivity index (χ3v) is 13.6. The Bertz CT molecular complexity index is 1520. The summed E-state index contributed by atoms with van der Waals surface area (Å²) in [4.78, 5) is 48.6. The molecule has 11 nitrogen and oxygen atoms in total. The predicted molar refractivity (Wildman–Crippen MR) is 307 cm³/mol. The molecule has 0 aromatic rings. The van der Waals surface area contributed by atoms with Crippen LogP contribution in [0.2, 0.25) is 0 Å². The third kappa shape index (κ3) is 53.7. The zero-order valence-electron chi connectivity index (χ0n) is 47.3. The van der Waals surface area contributed by atoms with Gasteiger partial charge < -0.3 is 24.2 Å². The van der Waals surface area contributed by atoms with Crippen LogP contribution in [0.1, 0.15) is 265 Å². The number of unbranched alkanes of at least 4 members (excludes halogenated alkanes) is 26. The standard InChI is InChI=1S/C62H109O11P/c1-4-7-10-13-16-19-22-25-28-29-32-35-38-41-44-47-50-53-62(66)73-59(55-69-60(64)51-48-45-42-39-36-33-30-26-23-20-17-14-11-8-5-2)57-71-74(67,68)70-56-58(54-63)72-61(65)52-49-46-43-40-37-34-31-27-24-21-18-15-12-9-6-3/h7,10,16,18-19,21,25,27-28,31-32,35,58-59,63H,4-6,8-9,11-15,17,20,22-24,26,29-30,33-34,36-57H2,1-3H3,(H,67,68)/b10-7-,19-16-,21-18-,28-25-,31-27-,35-32-. The normalized spacial score (nSPS) is 13.9. The molecule has 0 amide bonds. The molecule has 0 aliphatic rings. The predicted octanol–water partition coefficient (Wildman–Crippen LogP) is 17.7. The lowest BCUT2D eigenvalue weighted by atomic mass is 10.0. The highest BCUT2D eigenvalue weighted by atomic mass is 31.2. The monoisotopic (exact) mass is 1060 g/mol. The Labute approximate surface area is 452 Å². The van der Waals surface area contributed by atoms with Crippen molar-refractivity contribution in [1.29, 1.82) is 0 Å². The third-order valence-electron chi connectivity index (χ3n) is 12.6. The van der Waals surface area contributed by atoms with E-state index in [9.17, 15) is 28.9 Å². The van der Waals surface area contributed by atoms with Crippen LogP contribution >= 0.6 is 7.82 Å². The molecule has 428 valence electrons. The lowest BCUT2D eigenvalue weighted by Crippen LogP contribution is -2.30. The van der Waals surface area contributed by atoms with E-state index in [1.165, 1.54) is 89.9 Å². The average molecular weight is 1060 g/mol. The van der Waals surface area contributed by atoms with Crippen LogP contribution in [0.5, 0.6) is 0 Å². The Kier molecular flexibility index (Phi) is 53.8. The number of phosphoric ester groups is 1. The fourth-order valence-corrected chi connectivity index (χ4v) is 8.87. The SMILES string of the molecule is CC/C=C\C/C=C\C/C=C\C/C=C\CCCCCCC(=O)OC(COC(=O)CCCCCCCCCCCCCCCCC)COP(=O)(O)OCC(CO)OC(=O)CCCCCCC/C=C\C/C=C\CCCCC. The van der Waals surface area contributed by atoms with Crippen molar-refractivity contribution in [2.75, 3.05) is 26.4 Å². The van der Waals surface area contributed by atoms with Crippen LogP contribution in [0.25, 0.3) is 0 Å². The van der Waals surface area contributed by atoms with Gasteiger partial charge in [0.15, 0.2) is 6.10 Å². The van der Waals surface area contributed by atoms with Gasteiger partial charge in [-0.25, -0.2) is 4.57 Å². The number of carbonyl (C=O) groups excluding carboxylic acids is 3. The van der Waals surface area contributed by atoms with Gasteiger partial charge in [0, 0.05) is 19.3 Å². The quantitative estimate of drug-likeness (QED) is 0.0197. The highest BCUT2D eigenvalue weighted by Gasteiger charge is 2.28. The highest BCUT2D eigenvalue weighted by molar-refractivity contribution is 7.47. The van der Waals surface area contributed by atoms with Crippen LogP contribution in [0, 0.1) is 0 Å². The molecule has 0 bridgehead atoms. The zero-order valence-corrected chi connectivity index (χ0v) is 48.2. The fourth-order valence-electron chi connectivity index (χ4n) is 8.08. The van der Waals surface area contributed by atoms with Gasteiger partial charge in [-0.15, -0.1) is 0 Å². The van der Waals surface area contributed by atoms with Crippen LogP contribution in [0.3, 0.4) is 0 Å². The van der Waals surface area contributed by atoms with Gasteiger partial charge in [-0.05, 0) is 89.9 Å². The van der Waals surface area contributed by atoms with E-state index in [4.69, 9.17) is 23.3 Å². The maximum absolute atomic E-state index is 12.9. The number of ether oxygens (including phenoxy) is 3. The first-order valence-corrected chi connectivity index (χ1v) is 31.3. The minimum atomic E-state index is -4.76. The molecule has 0 aromatic heterocycles. The minimum absolute atomic E-state index is 0.138. The van der Waals surface area contributed by atoms with Gasteiger partial charge in [0.1, 0.15) is 12.7 Å². The van der Waals surface area contributed by atoms with Crippen molar-refractivity contribution in [3.63, 3.8) is 0 Å². The lowest BCUT2D eigenvalue weighted by Gasteiger charge is -2.21. The molecule has 0 spiro atoms. The van der Waals surface area contributed by atoms with Crippen molar-refractivity contribution < 1.29 is 52.2 Å². The molecule has 0 aromatic carbocycles. The smallest absolute Gasteiger partial charge is 0.462 e. The maximum Gasteiger partial charge on any atom is 0.472 e. The van der Waals surface area contributed by atoms with Gasteiger partial charge in [-0.2, -0.15) is 0 Å². The summed E-state index contributed by atoms with van der Waals surface area (Å²) in [5, 5.41) is 9.82. The number of phosphoric acid groups is 1. The van der Waals surface area contributed by atoms with Gasteiger partial charge in [-0.1, -0.05) is 229 Å². The van der Waals surface area contributed by atoms with Gasteiger partial charge in [0.05, 0.1) is 19.8 Å². The molecule has 0 heterocycles. The Morgan fingerprint density at radius 1 is 0.392 bits per heavy atom. The van der Waals surface area contributed by atoms with Crippen LogP contribution in [-0.2, 0) is 42.2 Å². The Morgan fingerprint density at radius 2 is 0.703 bits per heavy atom. The van der Waals surface area contributed by atoms with E-state index in [1.807, 2.05) is 0 Å². The molecule has 0 aliphatic heterocycles. The van der Waals surface area contributed by atoms with E-state index in [2.05, 4.69) is 93.7 Å². The number of aliphatic hydroxyl groups is 1. The van der Waals surface area contributed by atoms with Crippen molar-refractivity contribution in [1.82, 2.24) is 0 Å². The van der Waals surface area contributed by atoms with Crippen molar-refractivity contribution in [2.45, 2.75) is 277 Å². The molecule has 0 fully saturated rings. The van der Waals surface area contributed by atoms with Gasteiger partial charge in [0.25, 0.3) is 0 Å². The number of rotatable bonds is 55. The van der Waals surface area contributed by atoms with E-state index >= 15 is 0 Å². The Morgan fingerprint density at radius 3 is 1.11 bits per heavy atom. The topological polar surface area (TPSA) is 155 Å². The maximum atomic E-state index is 12.9. The lowest BCUT2D eigenvalue weighted by molar-refractivity contribution is -0.161. The summed E-state index contributed by atoms with van der Waals surface area (Å²) in [5.41, 5.74) is 0. The molecule has 3 unspecified atom stereocenters. The van der Waals surface area contributed by atoms with Crippen molar-refractivity contribution in [3.05, 3.63) is 72.9 Å². The van der Waals surface area contributed by atoms with Crippen molar-refractivity contribution >= 4 is 25.7 Å². The number of esters is 3. The number of hydrogen-bond donors (Lipinski definition) is 2. The summed E-state index contributed by atoms with van der Waals surface area (Å²) in [6.45, 7) is 4.49. The summed E-state index contributed by atoms with van der Waals surface area (Å²) in [7, 11) is -4.76. The second-order valence-corrected chi connectivity index (χ2v) is 21.2. The molecule has 0 radical (unpaired) electrons. The van der Waals surface area contributed by atoms with E-state index < -0.39 is 57.8 Å². The van der Waals surface area contributed by atoms with Crippen LogP contribution in [0.4, 0.5) is 0 Å². The number of aliphatic hydroxyl groups excluding tert-OH is 1. The minimum Gasteiger partial charge on any atom is -0.462 e. The molecule has 74 heavy (non-hydrogen) atoms. The molecule has 12 heteroatoms. The van der Waals surface area contributed by atoms with Crippen LogP contribution in [0.15, 0.2) is 72.9 Å². The summed E-state index contributed by atoms with van der Waals surface area (Å²) < 4.78 is 39.5. The van der Waals surface area contributed by atoms with Crippen LogP contribution in [-0.4, -0.2) is 66.5 Å². The van der Waals surface area contributed by atoms with E-state index in [0.717, 1.165) is 116 Å². The molecule has 0 saturated carbocycles. The van der Waals surface area contributed by atoms with E-state index in [0.29, 0.717) is 19.3 Å². The first kappa shape index (κ1) is 70.9. The van der Waals surface area contributed by atoms with Crippen LogP contribution < -0.4 is 0 Å². The number of hydrogen-bond acceptors (Lipinski definition) is 10. The summed E-state index contributed by atoms with van der Waals surface area (Å²) in [6, 6.07) is 0. The summed E-state index contributed by atoms with van der Waals surface area (Å²) in [5.74, 6) is -1.50. The summed E-state index contributed by atoms with van der Waals surface area (Å²) >= 11 is 0. The first-order chi connectivity index (χ1) is 36.2.